The minimum Gasteiger partial charge on any atom is -0.465 e. The molecule has 110 valence electrons. The number of benzene rings is 1. The average molecular weight is 301 g/mol. The van der Waals surface area contributed by atoms with Gasteiger partial charge in [-0.15, -0.1) is 0 Å². The van der Waals surface area contributed by atoms with Crippen molar-refractivity contribution in [3.05, 3.63) is 29.8 Å². The Hall–Kier alpha value is -1.93. The molecular weight excluding hydrogens is 286 g/mol. The van der Waals surface area contributed by atoms with E-state index in [-0.39, 0.29) is 23.7 Å². The summed E-state index contributed by atoms with van der Waals surface area (Å²) in [5.74, 6) is -1.62. The summed E-state index contributed by atoms with van der Waals surface area (Å²) < 4.78 is 35.2. The van der Waals surface area contributed by atoms with Gasteiger partial charge in [-0.2, -0.15) is 0 Å². The topological polar surface area (TPSA) is 98.8 Å². The molecule has 0 aliphatic rings. The molecule has 0 bridgehead atoms. The van der Waals surface area contributed by atoms with E-state index in [4.69, 9.17) is 4.74 Å². The fourth-order valence-corrected chi connectivity index (χ4v) is 2.58. The molecule has 20 heavy (non-hydrogen) atoms. The largest absolute Gasteiger partial charge is 0.465 e. The Morgan fingerprint density at radius 2 is 1.90 bits per heavy atom. The van der Waals surface area contributed by atoms with Crippen LogP contribution in [0.25, 0.3) is 0 Å². The van der Waals surface area contributed by atoms with Gasteiger partial charge in [-0.3, -0.25) is 4.79 Å². The van der Waals surface area contributed by atoms with Gasteiger partial charge in [0.2, 0.25) is 0 Å². The normalized spacial score (nSPS) is 10.9. The Kier molecular flexibility index (Phi) is 5.66. The van der Waals surface area contributed by atoms with Crippen molar-refractivity contribution in [2.75, 3.05) is 20.3 Å². The molecule has 1 aromatic rings. The fraction of sp³-hybridized carbons (Fsp3) is 0.333. The van der Waals surface area contributed by atoms with Crippen LogP contribution in [0.2, 0.25) is 0 Å². The molecule has 0 saturated carbocycles. The summed E-state index contributed by atoms with van der Waals surface area (Å²) >= 11 is 0. The molecule has 8 heteroatoms. The van der Waals surface area contributed by atoms with Gasteiger partial charge in [0.05, 0.1) is 12.7 Å². The van der Waals surface area contributed by atoms with E-state index in [1.807, 2.05) is 4.72 Å². The number of methoxy groups -OCH3 is 1. The number of rotatable bonds is 6. The maximum Gasteiger partial charge on any atom is 0.339 e. The molecule has 1 aromatic carbocycles. The van der Waals surface area contributed by atoms with E-state index in [9.17, 15) is 18.0 Å². The summed E-state index contributed by atoms with van der Waals surface area (Å²) in [4.78, 5) is 22.6. The first-order valence-corrected chi connectivity index (χ1v) is 7.21. The summed E-state index contributed by atoms with van der Waals surface area (Å²) in [6.45, 7) is 1.58. The van der Waals surface area contributed by atoms with Gasteiger partial charge in [-0.1, -0.05) is 12.1 Å². The SMILES string of the molecule is CCOCC(=O)NS(=O)(=O)c1ccccc1C(=O)OC. The van der Waals surface area contributed by atoms with Crippen LogP contribution in [-0.4, -0.2) is 40.6 Å². The zero-order chi connectivity index (χ0) is 15.2. The average Bonchev–Trinajstić information content (AvgIpc) is 2.43. The molecule has 0 atom stereocenters. The molecule has 0 heterocycles. The van der Waals surface area contributed by atoms with Crippen LogP contribution in [0.5, 0.6) is 0 Å². The van der Waals surface area contributed by atoms with Crippen molar-refractivity contribution in [1.29, 1.82) is 0 Å². The Bertz CT molecular complexity index is 596. The second-order valence-electron chi connectivity index (χ2n) is 3.65. The number of nitrogens with one attached hydrogen (secondary N) is 1. The van der Waals surface area contributed by atoms with Crippen LogP contribution in [0.3, 0.4) is 0 Å². The summed E-state index contributed by atoms with van der Waals surface area (Å²) in [6.07, 6.45) is 0. The molecule has 1 rings (SSSR count). The van der Waals surface area contributed by atoms with E-state index in [1.54, 1.807) is 6.92 Å². The second kappa shape index (κ2) is 7.01. The first kappa shape index (κ1) is 16.1. The van der Waals surface area contributed by atoms with E-state index in [0.29, 0.717) is 0 Å². The molecule has 7 nitrogen and oxygen atoms in total. The van der Waals surface area contributed by atoms with Crippen molar-refractivity contribution in [1.82, 2.24) is 4.72 Å². The minimum absolute atomic E-state index is 0.147. The smallest absolute Gasteiger partial charge is 0.339 e. The number of amides is 1. The molecule has 1 N–H and O–H groups in total. The number of carbonyl (C=O) groups excluding carboxylic acids is 2. The summed E-state index contributed by atoms with van der Waals surface area (Å²) in [6, 6.07) is 5.44. The van der Waals surface area contributed by atoms with Gasteiger partial charge in [0.25, 0.3) is 15.9 Å². The molecule has 0 aliphatic heterocycles. The molecule has 0 aliphatic carbocycles. The molecule has 0 fully saturated rings. The van der Waals surface area contributed by atoms with E-state index in [2.05, 4.69) is 4.74 Å². The Morgan fingerprint density at radius 1 is 1.25 bits per heavy atom. The third kappa shape index (κ3) is 4.04. The van der Waals surface area contributed by atoms with Crippen LogP contribution in [0, 0.1) is 0 Å². The third-order valence-electron chi connectivity index (χ3n) is 2.27. The van der Waals surface area contributed by atoms with Crippen LogP contribution in [-0.2, 0) is 24.3 Å². The van der Waals surface area contributed by atoms with Crippen molar-refractivity contribution in [3.63, 3.8) is 0 Å². The molecule has 1 amide bonds. The van der Waals surface area contributed by atoms with E-state index < -0.39 is 21.9 Å². The Morgan fingerprint density at radius 3 is 2.50 bits per heavy atom. The Labute approximate surface area is 116 Å². The highest BCUT2D eigenvalue weighted by molar-refractivity contribution is 7.90. The van der Waals surface area contributed by atoms with Crippen molar-refractivity contribution >= 4 is 21.9 Å². The molecular formula is C12H15NO6S. The summed E-state index contributed by atoms with van der Waals surface area (Å²) in [5, 5.41) is 0. The molecule has 0 unspecified atom stereocenters. The number of hydrogen-bond acceptors (Lipinski definition) is 6. The third-order valence-corrected chi connectivity index (χ3v) is 3.70. The predicted octanol–water partition coefficient (Wildman–Crippen LogP) is 0.315. The summed E-state index contributed by atoms with van der Waals surface area (Å²) in [7, 11) is -3.02. The highest BCUT2D eigenvalue weighted by Crippen LogP contribution is 2.16. The maximum atomic E-state index is 12.1. The highest BCUT2D eigenvalue weighted by Gasteiger charge is 2.24. The molecule has 0 spiro atoms. The van der Waals surface area contributed by atoms with Gasteiger partial charge in [-0.25, -0.2) is 17.9 Å². The predicted molar refractivity (Wildman–Crippen MR) is 69.6 cm³/mol. The molecule has 0 radical (unpaired) electrons. The zero-order valence-electron chi connectivity index (χ0n) is 11.1. The number of hydrogen-bond donors (Lipinski definition) is 1. The highest BCUT2D eigenvalue weighted by atomic mass is 32.2. The number of esters is 1. The van der Waals surface area contributed by atoms with Crippen LogP contribution in [0.4, 0.5) is 0 Å². The number of carbonyl (C=O) groups is 2. The lowest BCUT2D eigenvalue weighted by Gasteiger charge is -2.10. The van der Waals surface area contributed by atoms with Gasteiger partial charge in [-0.05, 0) is 19.1 Å². The quantitative estimate of drug-likeness (QED) is 0.759. The second-order valence-corrected chi connectivity index (χ2v) is 5.30. The lowest BCUT2D eigenvalue weighted by molar-refractivity contribution is -0.123. The van der Waals surface area contributed by atoms with Crippen molar-refractivity contribution < 1.29 is 27.5 Å². The number of ether oxygens (including phenoxy) is 2. The van der Waals surface area contributed by atoms with E-state index in [1.165, 1.54) is 24.3 Å². The zero-order valence-corrected chi connectivity index (χ0v) is 11.9. The van der Waals surface area contributed by atoms with Gasteiger partial charge >= 0.3 is 5.97 Å². The van der Waals surface area contributed by atoms with Gasteiger partial charge in [0, 0.05) is 6.61 Å². The van der Waals surface area contributed by atoms with Gasteiger partial charge in [0.15, 0.2) is 0 Å². The van der Waals surface area contributed by atoms with Gasteiger partial charge < -0.3 is 9.47 Å². The van der Waals surface area contributed by atoms with Crippen molar-refractivity contribution in [2.24, 2.45) is 0 Å². The van der Waals surface area contributed by atoms with Crippen molar-refractivity contribution in [2.45, 2.75) is 11.8 Å². The maximum absolute atomic E-state index is 12.1. The minimum atomic E-state index is -4.16. The summed E-state index contributed by atoms with van der Waals surface area (Å²) in [5.41, 5.74) is -0.147. The van der Waals surface area contributed by atoms with E-state index in [0.717, 1.165) is 7.11 Å². The van der Waals surface area contributed by atoms with E-state index >= 15 is 0 Å². The lowest BCUT2D eigenvalue weighted by atomic mass is 10.2. The van der Waals surface area contributed by atoms with Crippen LogP contribution < -0.4 is 4.72 Å². The molecule has 0 aromatic heterocycles. The Balaban J connectivity index is 3.04. The standard InChI is InChI=1S/C12H15NO6S/c1-3-19-8-11(14)13-20(16,17)10-7-5-4-6-9(10)12(15)18-2/h4-7H,3,8H2,1-2H3,(H,13,14). The number of sulfonamides is 1. The fourth-order valence-electron chi connectivity index (χ4n) is 1.41. The van der Waals surface area contributed by atoms with Crippen LogP contribution in [0.15, 0.2) is 29.2 Å². The van der Waals surface area contributed by atoms with Crippen LogP contribution >= 0.6 is 0 Å². The lowest BCUT2D eigenvalue weighted by Crippen LogP contribution is -2.34. The first-order chi connectivity index (χ1) is 9.42. The van der Waals surface area contributed by atoms with Crippen LogP contribution in [0.1, 0.15) is 17.3 Å². The first-order valence-electron chi connectivity index (χ1n) is 5.73. The monoisotopic (exact) mass is 301 g/mol. The van der Waals surface area contributed by atoms with Crippen molar-refractivity contribution in [3.8, 4) is 0 Å². The van der Waals surface area contributed by atoms with Gasteiger partial charge in [0.1, 0.15) is 11.5 Å². The molecule has 0 saturated heterocycles.